The van der Waals surface area contributed by atoms with E-state index in [-0.39, 0.29) is 12.0 Å². The average Bonchev–Trinajstić information content (AvgIpc) is 2.66. The lowest BCUT2D eigenvalue weighted by Crippen LogP contribution is -2.46. The molecule has 1 aromatic carbocycles. The van der Waals surface area contributed by atoms with E-state index in [1.54, 1.807) is 17.0 Å². The van der Waals surface area contributed by atoms with Crippen LogP contribution in [0, 0.1) is 5.92 Å². The lowest BCUT2D eigenvalue weighted by molar-refractivity contribution is -0.139. The molecular formula is C19H28N4O4. The number of ether oxygens (including phenoxy) is 1. The number of benzene rings is 1. The summed E-state index contributed by atoms with van der Waals surface area (Å²) in [6.45, 7) is 2.68. The number of amides is 3. The first-order valence-electron chi connectivity index (χ1n) is 9.18. The number of nitrogens with zero attached hydrogens (tertiary/aromatic N) is 2. The van der Waals surface area contributed by atoms with Crippen LogP contribution < -0.4 is 15.4 Å². The first-order valence-corrected chi connectivity index (χ1v) is 9.18. The highest BCUT2D eigenvalue weighted by atomic mass is 16.6. The third-order valence-corrected chi connectivity index (χ3v) is 4.42. The Balaban J connectivity index is 1.64. The van der Waals surface area contributed by atoms with Crippen molar-refractivity contribution >= 4 is 17.9 Å². The summed E-state index contributed by atoms with van der Waals surface area (Å²) in [5, 5.41) is 5.26. The predicted octanol–water partition coefficient (Wildman–Crippen LogP) is 0.691. The molecule has 1 aliphatic rings. The topological polar surface area (TPSA) is 91.0 Å². The summed E-state index contributed by atoms with van der Waals surface area (Å²) in [4.78, 5) is 39.3. The van der Waals surface area contributed by atoms with Gasteiger partial charge >= 0.3 is 17.9 Å². The van der Waals surface area contributed by atoms with Gasteiger partial charge in [0.05, 0.1) is 0 Å². The fraction of sp³-hybridized carbons (Fsp3) is 0.526. The molecule has 1 heterocycles. The fourth-order valence-corrected chi connectivity index (χ4v) is 2.76. The molecule has 1 saturated heterocycles. The maximum Gasteiger partial charge on any atom is 0.415 e. The number of nitrogens with one attached hydrogen (secondary N) is 2. The zero-order chi connectivity index (χ0) is 19.6. The van der Waals surface area contributed by atoms with Crippen molar-refractivity contribution in [2.24, 2.45) is 5.92 Å². The lowest BCUT2D eigenvalue weighted by atomic mass is 9.97. The zero-order valence-corrected chi connectivity index (χ0v) is 15.9. The average molecular weight is 376 g/mol. The lowest BCUT2D eigenvalue weighted by Gasteiger charge is -2.31. The summed E-state index contributed by atoms with van der Waals surface area (Å²) in [6, 6.07) is 8.97. The number of hydrogen-bond donors (Lipinski definition) is 2. The normalized spacial score (nSPS) is 14.7. The van der Waals surface area contributed by atoms with Gasteiger partial charge in [-0.3, -0.25) is 9.59 Å². The van der Waals surface area contributed by atoms with Crippen molar-refractivity contribution in [3.8, 4) is 5.75 Å². The Labute approximate surface area is 159 Å². The van der Waals surface area contributed by atoms with Crippen LogP contribution in [0.4, 0.5) is 4.79 Å². The van der Waals surface area contributed by atoms with E-state index in [9.17, 15) is 14.4 Å². The van der Waals surface area contributed by atoms with Gasteiger partial charge in [-0.05, 0) is 45.0 Å². The monoisotopic (exact) mass is 376 g/mol. The van der Waals surface area contributed by atoms with E-state index in [0.29, 0.717) is 38.5 Å². The summed E-state index contributed by atoms with van der Waals surface area (Å²) in [5.74, 6) is -0.457. The Morgan fingerprint density at radius 3 is 2.33 bits per heavy atom. The SMILES string of the molecule is CN(C)CCNC(=O)C(=O)NCC1CCN(C(=O)Oc2ccccc2)CC1. The standard InChI is InChI=1S/C19H28N4O4/c1-22(2)13-10-20-17(24)18(25)21-14-15-8-11-23(12-9-15)19(26)27-16-6-4-3-5-7-16/h3-7,15H,8-14H2,1-2H3,(H,20,24)(H,21,25). The van der Waals surface area contributed by atoms with Crippen molar-refractivity contribution in [1.82, 2.24) is 20.4 Å². The Hall–Kier alpha value is -2.61. The molecular weight excluding hydrogens is 348 g/mol. The van der Waals surface area contributed by atoms with Gasteiger partial charge in [-0.15, -0.1) is 0 Å². The van der Waals surface area contributed by atoms with Gasteiger partial charge < -0.3 is 25.2 Å². The minimum atomic E-state index is -0.611. The molecule has 0 spiro atoms. The number of likely N-dealkylation sites (N-methyl/N-ethyl adjacent to an activating group) is 1. The Bertz CT molecular complexity index is 628. The van der Waals surface area contributed by atoms with E-state index in [0.717, 1.165) is 12.8 Å². The van der Waals surface area contributed by atoms with E-state index < -0.39 is 11.8 Å². The van der Waals surface area contributed by atoms with Crippen LogP contribution in [0.25, 0.3) is 0 Å². The molecule has 27 heavy (non-hydrogen) atoms. The molecule has 2 N–H and O–H groups in total. The second-order valence-corrected chi connectivity index (χ2v) is 6.88. The minimum absolute atomic E-state index is 0.240. The highest BCUT2D eigenvalue weighted by molar-refractivity contribution is 6.35. The van der Waals surface area contributed by atoms with Gasteiger partial charge in [0, 0.05) is 32.7 Å². The number of rotatable bonds is 6. The molecule has 8 heteroatoms. The molecule has 0 aromatic heterocycles. The van der Waals surface area contributed by atoms with Gasteiger partial charge in [0.25, 0.3) is 0 Å². The van der Waals surface area contributed by atoms with Crippen LogP contribution >= 0.6 is 0 Å². The first kappa shape index (κ1) is 20.7. The van der Waals surface area contributed by atoms with Crippen molar-refractivity contribution in [2.45, 2.75) is 12.8 Å². The van der Waals surface area contributed by atoms with E-state index in [2.05, 4.69) is 10.6 Å². The van der Waals surface area contributed by atoms with Gasteiger partial charge in [0.2, 0.25) is 0 Å². The van der Waals surface area contributed by atoms with E-state index in [1.807, 2.05) is 37.2 Å². The van der Waals surface area contributed by atoms with Gasteiger partial charge in [0.15, 0.2) is 0 Å². The van der Waals surface area contributed by atoms with Crippen molar-refractivity contribution < 1.29 is 19.1 Å². The van der Waals surface area contributed by atoms with Crippen molar-refractivity contribution in [3.05, 3.63) is 30.3 Å². The maximum absolute atomic E-state index is 12.2. The van der Waals surface area contributed by atoms with Crippen LogP contribution in [0.1, 0.15) is 12.8 Å². The van der Waals surface area contributed by atoms with Crippen molar-refractivity contribution in [3.63, 3.8) is 0 Å². The predicted molar refractivity (Wildman–Crippen MR) is 101 cm³/mol. The van der Waals surface area contributed by atoms with Crippen molar-refractivity contribution in [1.29, 1.82) is 0 Å². The summed E-state index contributed by atoms with van der Waals surface area (Å²) in [6.07, 6.45) is 1.16. The van der Waals surface area contributed by atoms with Crippen LogP contribution in [-0.4, -0.2) is 74.5 Å². The second kappa shape index (κ2) is 10.5. The van der Waals surface area contributed by atoms with Gasteiger partial charge in [-0.2, -0.15) is 0 Å². The molecule has 1 aliphatic heterocycles. The number of likely N-dealkylation sites (tertiary alicyclic amines) is 1. The second-order valence-electron chi connectivity index (χ2n) is 6.88. The number of hydrogen-bond acceptors (Lipinski definition) is 5. The third kappa shape index (κ3) is 7.26. The summed E-state index contributed by atoms with van der Waals surface area (Å²) < 4.78 is 5.33. The van der Waals surface area contributed by atoms with Gasteiger partial charge in [-0.25, -0.2) is 4.79 Å². The molecule has 0 bridgehead atoms. The van der Waals surface area contributed by atoms with E-state index in [4.69, 9.17) is 4.74 Å². The molecule has 8 nitrogen and oxygen atoms in total. The Morgan fingerprint density at radius 1 is 1.07 bits per heavy atom. The molecule has 0 unspecified atom stereocenters. The van der Waals surface area contributed by atoms with Crippen LogP contribution in [0.15, 0.2) is 30.3 Å². The summed E-state index contributed by atoms with van der Waals surface area (Å²) >= 11 is 0. The van der Waals surface area contributed by atoms with Gasteiger partial charge in [0.1, 0.15) is 5.75 Å². The molecule has 0 saturated carbocycles. The van der Waals surface area contributed by atoms with Gasteiger partial charge in [-0.1, -0.05) is 18.2 Å². The largest absolute Gasteiger partial charge is 0.415 e. The maximum atomic E-state index is 12.2. The molecule has 148 valence electrons. The van der Waals surface area contributed by atoms with Crippen LogP contribution in [0.2, 0.25) is 0 Å². The quantitative estimate of drug-likeness (QED) is 0.713. The first-order chi connectivity index (χ1) is 13.0. The van der Waals surface area contributed by atoms with Crippen LogP contribution in [0.5, 0.6) is 5.75 Å². The van der Waals surface area contributed by atoms with E-state index >= 15 is 0 Å². The summed E-state index contributed by atoms with van der Waals surface area (Å²) in [5.41, 5.74) is 0. The molecule has 0 atom stereocenters. The molecule has 1 fully saturated rings. The molecule has 3 amide bonds. The van der Waals surface area contributed by atoms with Crippen LogP contribution in [0.3, 0.4) is 0 Å². The Morgan fingerprint density at radius 2 is 1.70 bits per heavy atom. The number of carbonyl (C=O) groups excluding carboxylic acids is 3. The zero-order valence-electron chi connectivity index (χ0n) is 15.9. The molecule has 0 radical (unpaired) electrons. The molecule has 1 aromatic rings. The number of carbonyl (C=O) groups is 3. The number of piperidine rings is 1. The highest BCUT2D eigenvalue weighted by Gasteiger charge is 2.25. The molecule has 2 rings (SSSR count). The highest BCUT2D eigenvalue weighted by Crippen LogP contribution is 2.18. The Kier molecular flexibility index (Phi) is 8.06. The molecule has 0 aliphatic carbocycles. The minimum Gasteiger partial charge on any atom is -0.410 e. The van der Waals surface area contributed by atoms with E-state index in [1.165, 1.54) is 0 Å². The smallest absolute Gasteiger partial charge is 0.410 e. The number of para-hydroxylation sites is 1. The summed E-state index contributed by atoms with van der Waals surface area (Å²) in [7, 11) is 3.79. The van der Waals surface area contributed by atoms with Crippen LogP contribution in [-0.2, 0) is 9.59 Å². The third-order valence-electron chi connectivity index (χ3n) is 4.42. The van der Waals surface area contributed by atoms with Crippen molar-refractivity contribution in [2.75, 3.05) is 46.8 Å². The fourth-order valence-electron chi connectivity index (χ4n) is 2.76.